The minimum atomic E-state index is -4.33. The van der Waals surface area contributed by atoms with E-state index >= 15 is 0 Å². The molecule has 1 heterocycles. The zero-order valence-corrected chi connectivity index (χ0v) is 14.1. The third-order valence-corrected chi connectivity index (χ3v) is 4.31. The van der Waals surface area contributed by atoms with E-state index in [0.717, 1.165) is 17.7 Å². The minimum absolute atomic E-state index is 0.0222. The molecule has 7 heteroatoms. The van der Waals surface area contributed by atoms with Crippen molar-refractivity contribution in [2.75, 3.05) is 26.2 Å². The Labute approximate surface area is 144 Å². The molecule has 1 fully saturated rings. The number of carbonyl (C=O) groups is 2. The molecule has 4 nitrogen and oxygen atoms in total. The molecule has 1 aliphatic rings. The summed E-state index contributed by atoms with van der Waals surface area (Å²) in [5.41, 5.74) is 0.162. The molecule has 0 bridgehead atoms. The number of amides is 2. The summed E-state index contributed by atoms with van der Waals surface area (Å²) >= 11 is 0. The lowest BCUT2D eigenvalue weighted by Gasteiger charge is -2.40. The Morgan fingerprint density at radius 2 is 1.88 bits per heavy atom. The van der Waals surface area contributed by atoms with Crippen molar-refractivity contribution < 1.29 is 22.8 Å². The summed E-state index contributed by atoms with van der Waals surface area (Å²) in [4.78, 5) is 26.8. The number of halogens is 3. The predicted octanol–water partition coefficient (Wildman–Crippen LogP) is 2.74. The van der Waals surface area contributed by atoms with Gasteiger partial charge in [0.05, 0.1) is 12.1 Å². The number of benzene rings is 1. The Morgan fingerprint density at radius 3 is 2.36 bits per heavy atom. The van der Waals surface area contributed by atoms with Crippen LogP contribution in [0.4, 0.5) is 13.2 Å². The van der Waals surface area contributed by atoms with Crippen LogP contribution in [0.2, 0.25) is 0 Å². The van der Waals surface area contributed by atoms with E-state index in [-0.39, 0.29) is 24.3 Å². The van der Waals surface area contributed by atoms with Crippen LogP contribution < -0.4 is 0 Å². The fourth-order valence-electron chi connectivity index (χ4n) is 2.80. The fourth-order valence-corrected chi connectivity index (χ4v) is 2.80. The van der Waals surface area contributed by atoms with E-state index in [2.05, 4.69) is 6.58 Å². The number of hydrogen-bond acceptors (Lipinski definition) is 2. The van der Waals surface area contributed by atoms with Gasteiger partial charge in [-0.3, -0.25) is 9.59 Å². The Bertz CT molecular complexity index is 635. The van der Waals surface area contributed by atoms with Gasteiger partial charge >= 0.3 is 6.18 Å². The quantitative estimate of drug-likeness (QED) is 0.737. The Balaban J connectivity index is 1.81. The SMILES string of the molecule is C=CC(=O)N(CC)CC(=O)N1CC(Cc2ccc(C(F)(F)F)cc2)C1. The van der Waals surface area contributed by atoms with Gasteiger partial charge in [-0.05, 0) is 43.0 Å². The third kappa shape index (κ3) is 4.84. The molecule has 0 atom stereocenters. The number of rotatable bonds is 6. The van der Waals surface area contributed by atoms with Crippen molar-refractivity contribution in [2.24, 2.45) is 5.92 Å². The van der Waals surface area contributed by atoms with E-state index in [1.807, 2.05) is 0 Å². The fraction of sp³-hybridized carbons (Fsp3) is 0.444. The Morgan fingerprint density at radius 1 is 1.28 bits per heavy atom. The molecule has 1 aromatic rings. The van der Waals surface area contributed by atoms with Crippen LogP contribution in [0.15, 0.2) is 36.9 Å². The van der Waals surface area contributed by atoms with Gasteiger partial charge in [-0.1, -0.05) is 18.7 Å². The molecule has 0 unspecified atom stereocenters. The highest BCUT2D eigenvalue weighted by atomic mass is 19.4. The van der Waals surface area contributed by atoms with Crippen LogP contribution in [-0.2, 0) is 22.2 Å². The summed E-state index contributed by atoms with van der Waals surface area (Å²) in [6, 6.07) is 5.12. The molecule has 1 aromatic carbocycles. The van der Waals surface area contributed by atoms with Gasteiger partial charge in [0.1, 0.15) is 0 Å². The summed E-state index contributed by atoms with van der Waals surface area (Å²) in [5, 5.41) is 0. The lowest BCUT2D eigenvalue weighted by Crippen LogP contribution is -2.54. The topological polar surface area (TPSA) is 40.6 Å². The zero-order chi connectivity index (χ0) is 18.6. The first-order chi connectivity index (χ1) is 11.7. The molecular formula is C18H21F3N2O2. The van der Waals surface area contributed by atoms with Crippen LogP contribution in [0.5, 0.6) is 0 Å². The highest BCUT2D eigenvalue weighted by Crippen LogP contribution is 2.30. The minimum Gasteiger partial charge on any atom is -0.340 e. The van der Waals surface area contributed by atoms with E-state index < -0.39 is 11.7 Å². The van der Waals surface area contributed by atoms with Crippen LogP contribution in [0.1, 0.15) is 18.1 Å². The zero-order valence-electron chi connectivity index (χ0n) is 14.1. The van der Waals surface area contributed by atoms with Crippen molar-refractivity contribution in [3.05, 3.63) is 48.0 Å². The van der Waals surface area contributed by atoms with E-state index in [0.29, 0.717) is 26.1 Å². The average Bonchev–Trinajstić information content (AvgIpc) is 2.54. The molecule has 136 valence electrons. The van der Waals surface area contributed by atoms with Crippen molar-refractivity contribution in [3.63, 3.8) is 0 Å². The first-order valence-corrected chi connectivity index (χ1v) is 8.09. The molecule has 0 saturated carbocycles. The van der Waals surface area contributed by atoms with Crippen LogP contribution in [0.25, 0.3) is 0 Å². The number of hydrogen-bond donors (Lipinski definition) is 0. The molecule has 0 N–H and O–H groups in total. The van der Waals surface area contributed by atoms with Gasteiger partial charge in [-0.25, -0.2) is 0 Å². The monoisotopic (exact) mass is 354 g/mol. The first-order valence-electron chi connectivity index (χ1n) is 8.09. The molecule has 0 spiro atoms. The molecular weight excluding hydrogens is 333 g/mol. The highest BCUT2D eigenvalue weighted by molar-refractivity contribution is 5.91. The molecule has 1 saturated heterocycles. The Hall–Kier alpha value is -2.31. The smallest absolute Gasteiger partial charge is 0.340 e. The van der Waals surface area contributed by atoms with Crippen molar-refractivity contribution in [1.82, 2.24) is 9.80 Å². The maximum absolute atomic E-state index is 12.5. The maximum atomic E-state index is 12.5. The van der Waals surface area contributed by atoms with Gasteiger partial charge in [0, 0.05) is 19.6 Å². The van der Waals surface area contributed by atoms with Crippen molar-refractivity contribution >= 4 is 11.8 Å². The molecule has 0 aliphatic carbocycles. The highest BCUT2D eigenvalue weighted by Gasteiger charge is 2.32. The summed E-state index contributed by atoms with van der Waals surface area (Å²) in [6.07, 6.45) is -2.52. The normalized spacial score (nSPS) is 14.8. The van der Waals surface area contributed by atoms with Gasteiger partial charge in [0.2, 0.25) is 11.8 Å². The second-order valence-electron chi connectivity index (χ2n) is 6.12. The van der Waals surface area contributed by atoms with Crippen molar-refractivity contribution in [3.8, 4) is 0 Å². The van der Waals surface area contributed by atoms with Crippen LogP contribution in [0, 0.1) is 5.92 Å². The lowest BCUT2D eigenvalue weighted by atomic mass is 9.91. The van der Waals surface area contributed by atoms with Crippen molar-refractivity contribution in [2.45, 2.75) is 19.5 Å². The second kappa shape index (κ2) is 7.72. The average molecular weight is 354 g/mol. The summed E-state index contributed by atoms with van der Waals surface area (Å²) in [6.45, 7) is 6.76. The molecule has 2 rings (SSSR count). The molecule has 0 aromatic heterocycles. The number of likely N-dealkylation sites (tertiary alicyclic amines) is 1. The van der Waals surface area contributed by atoms with Gasteiger partial charge in [0.15, 0.2) is 0 Å². The number of alkyl halides is 3. The van der Waals surface area contributed by atoms with E-state index in [1.54, 1.807) is 11.8 Å². The summed E-state index contributed by atoms with van der Waals surface area (Å²) < 4.78 is 37.6. The Kier molecular flexibility index (Phi) is 5.87. The number of carbonyl (C=O) groups excluding carboxylic acids is 2. The summed E-state index contributed by atoms with van der Waals surface area (Å²) in [5.74, 6) is -0.177. The summed E-state index contributed by atoms with van der Waals surface area (Å²) in [7, 11) is 0. The van der Waals surface area contributed by atoms with Crippen molar-refractivity contribution in [1.29, 1.82) is 0 Å². The molecule has 0 radical (unpaired) electrons. The standard InChI is InChI=1S/C18H21F3N2O2/c1-3-16(24)22(4-2)12-17(25)23-10-14(11-23)9-13-5-7-15(8-6-13)18(19,20)21/h3,5-8,14H,1,4,9-12H2,2H3. The largest absolute Gasteiger partial charge is 0.416 e. The molecule has 1 aliphatic heterocycles. The third-order valence-electron chi connectivity index (χ3n) is 4.31. The molecule has 25 heavy (non-hydrogen) atoms. The number of likely N-dealkylation sites (N-methyl/N-ethyl adjacent to an activating group) is 1. The van der Waals surface area contributed by atoms with E-state index in [9.17, 15) is 22.8 Å². The first kappa shape index (κ1) is 19.0. The molecule has 2 amide bonds. The van der Waals surface area contributed by atoms with Gasteiger partial charge < -0.3 is 9.80 Å². The van der Waals surface area contributed by atoms with E-state index in [1.165, 1.54) is 23.1 Å². The van der Waals surface area contributed by atoms with Gasteiger partial charge in [-0.2, -0.15) is 13.2 Å². The second-order valence-corrected chi connectivity index (χ2v) is 6.12. The van der Waals surface area contributed by atoms with E-state index in [4.69, 9.17) is 0 Å². The number of nitrogens with zero attached hydrogens (tertiary/aromatic N) is 2. The van der Waals surface area contributed by atoms with Gasteiger partial charge in [0.25, 0.3) is 0 Å². The lowest BCUT2D eigenvalue weighted by molar-refractivity contribution is -0.142. The van der Waals surface area contributed by atoms with Crippen LogP contribution in [0.3, 0.4) is 0 Å². The van der Waals surface area contributed by atoms with Crippen LogP contribution >= 0.6 is 0 Å². The van der Waals surface area contributed by atoms with Gasteiger partial charge in [-0.15, -0.1) is 0 Å². The predicted molar refractivity (Wildman–Crippen MR) is 87.7 cm³/mol. The maximum Gasteiger partial charge on any atom is 0.416 e. The van der Waals surface area contributed by atoms with Crippen LogP contribution in [-0.4, -0.2) is 47.8 Å².